The lowest BCUT2D eigenvalue weighted by molar-refractivity contribution is 0.0905. The summed E-state index contributed by atoms with van der Waals surface area (Å²) in [5, 5.41) is 3.09. The van der Waals surface area contributed by atoms with Crippen LogP contribution < -0.4 is 11.1 Å². The molecule has 1 aromatic rings. The lowest BCUT2D eigenvalue weighted by atomic mass is 9.77. The number of hydrogen-bond acceptors (Lipinski definition) is 3. The van der Waals surface area contributed by atoms with Gasteiger partial charge in [-0.05, 0) is 50.7 Å². The van der Waals surface area contributed by atoms with Crippen LogP contribution in [-0.2, 0) is 0 Å². The molecule has 19 heavy (non-hydrogen) atoms. The van der Waals surface area contributed by atoms with Crippen molar-refractivity contribution in [2.24, 2.45) is 11.7 Å². The molecule has 1 aliphatic carbocycles. The van der Waals surface area contributed by atoms with Crippen LogP contribution in [-0.4, -0.2) is 16.4 Å². The molecule has 3 N–H and O–H groups in total. The van der Waals surface area contributed by atoms with Gasteiger partial charge in [-0.25, -0.2) is 0 Å². The minimum Gasteiger partial charge on any atom is -0.391 e. The number of thiocarbonyl (C=S) groups is 1. The van der Waals surface area contributed by atoms with E-state index >= 15 is 0 Å². The van der Waals surface area contributed by atoms with Crippen molar-refractivity contribution in [3.05, 3.63) is 21.9 Å². The number of nitrogens with one attached hydrogen (secondary N) is 1. The van der Waals surface area contributed by atoms with Crippen LogP contribution in [0.4, 0.5) is 0 Å². The molecule has 0 aromatic carbocycles. The molecule has 2 rings (SSSR count). The van der Waals surface area contributed by atoms with Gasteiger partial charge in [0.25, 0.3) is 5.91 Å². The van der Waals surface area contributed by atoms with Gasteiger partial charge in [0.15, 0.2) is 0 Å². The van der Waals surface area contributed by atoms with Gasteiger partial charge in [-0.3, -0.25) is 4.79 Å². The van der Waals surface area contributed by atoms with E-state index in [-0.39, 0.29) is 5.91 Å². The first-order valence-electron chi connectivity index (χ1n) is 6.62. The first kappa shape index (κ1) is 14.5. The summed E-state index contributed by atoms with van der Waals surface area (Å²) in [7, 11) is 0. The van der Waals surface area contributed by atoms with Gasteiger partial charge in [-0.15, -0.1) is 11.3 Å². The Balaban J connectivity index is 2.13. The van der Waals surface area contributed by atoms with Gasteiger partial charge in [0.2, 0.25) is 0 Å². The first-order chi connectivity index (χ1) is 8.93. The van der Waals surface area contributed by atoms with Crippen molar-refractivity contribution >= 4 is 34.5 Å². The molecule has 1 amide bonds. The lowest BCUT2D eigenvalue weighted by Crippen LogP contribution is -2.58. The van der Waals surface area contributed by atoms with E-state index in [4.69, 9.17) is 18.0 Å². The molecule has 0 saturated heterocycles. The number of carbonyl (C=O) groups excluding carboxylic acids is 1. The van der Waals surface area contributed by atoms with E-state index in [0.29, 0.717) is 10.9 Å². The van der Waals surface area contributed by atoms with Crippen LogP contribution >= 0.6 is 23.6 Å². The van der Waals surface area contributed by atoms with Gasteiger partial charge in [0.05, 0.1) is 15.4 Å². The van der Waals surface area contributed by atoms with Gasteiger partial charge >= 0.3 is 0 Å². The van der Waals surface area contributed by atoms with E-state index < -0.39 is 5.54 Å². The second kappa shape index (κ2) is 5.59. The van der Waals surface area contributed by atoms with Gasteiger partial charge in [0.1, 0.15) is 0 Å². The second-order valence-electron chi connectivity index (χ2n) is 5.49. The van der Waals surface area contributed by atoms with Gasteiger partial charge in [-0.1, -0.05) is 19.1 Å². The van der Waals surface area contributed by atoms with Crippen molar-refractivity contribution < 1.29 is 4.79 Å². The van der Waals surface area contributed by atoms with Crippen LogP contribution in [0.1, 0.15) is 47.2 Å². The summed E-state index contributed by atoms with van der Waals surface area (Å²) in [5.74, 6) is 0.629. The summed E-state index contributed by atoms with van der Waals surface area (Å²) < 4.78 is 0. The Kier molecular flexibility index (Phi) is 4.26. The van der Waals surface area contributed by atoms with E-state index in [0.717, 1.165) is 35.4 Å². The van der Waals surface area contributed by atoms with Crippen LogP contribution in [0, 0.1) is 12.8 Å². The highest BCUT2D eigenvalue weighted by Crippen LogP contribution is 2.32. The van der Waals surface area contributed by atoms with E-state index in [9.17, 15) is 4.79 Å². The molecular formula is C14H20N2OS2. The number of nitrogens with two attached hydrogens (primary N) is 1. The molecule has 3 nitrogen and oxygen atoms in total. The maximum absolute atomic E-state index is 12.3. The van der Waals surface area contributed by atoms with E-state index in [1.165, 1.54) is 11.3 Å². The standard InChI is InChI=1S/C14H20N2OS2/c1-9-5-7-14(8-6-9,13(15)18)16-12(17)11-4-3-10(2)19-11/h3-4,9H,5-8H2,1-2H3,(H2,15,18)(H,16,17). The molecule has 0 radical (unpaired) electrons. The number of thiophene rings is 1. The molecule has 0 spiro atoms. The number of hydrogen-bond donors (Lipinski definition) is 2. The largest absolute Gasteiger partial charge is 0.391 e. The molecular weight excluding hydrogens is 276 g/mol. The van der Waals surface area contributed by atoms with E-state index in [1.54, 1.807) is 0 Å². The number of amides is 1. The average Bonchev–Trinajstić information content (AvgIpc) is 2.79. The van der Waals surface area contributed by atoms with Crippen LogP contribution in [0.15, 0.2) is 12.1 Å². The Hall–Kier alpha value is -0.940. The summed E-state index contributed by atoms with van der Waals surface area (Å²) in [6.45, 7) is 4.22. The molecule has 1 fully saturated rings. The van der Waals surface area contributed by atoms with Crippen LogP contribution in [0.25, 0.3) is 0 Å². The van der Waals surface area contributed by atoms with Crippen molar-refractivity contribution in [3.63, 3.8) is 0 Å². The third kappa shape index (κ3) is 3.15. The summed E-state index contributed by atoms with van der Waals surface area (Å²) in [5.41, 5.74) is 5.41. The Morgan fingerprint density at radius 1 is 1.47 bits per heavy atom. The van der Waals surface area contributed by atoms with Gasteiger partial charge in [0, 0.05) is 4.88 Å². The summed E-state index contributed by atoms with van der Waals surface area (Å²) in [6, 6.07) is 3.81. The van der Waals surface area contributed by atoms with E-state index in [1.807, 2.05) is 19.1 Å². The van der Waals surface area contributed by atoms with Crippen LogP contribution in [0.3, 0.4) is 0 Å². The predicted molar refractivity (Wildman–Crippen MR) is 83.7 cm³/mol. The Morgan fingerprint density at radius 2 is 2.11 bits per heavy atom. The smallest absolute Gasteiger partial charge is 0.262 e. The normalized spacial score (nSPS) is 26.9. The van der Waals surface area contributed by atoms with Gasteiger partial charge < -0.3 is 11.1 Å². The molecule has 1 aliphatic rings. The summed E-state index contributed by atoms with van der Waals surface area (Å²) >= 11 is 6.71. The molecule has 0 unspecified atom stereocenters. The minimum atomic E-state index is -0.489. The highest BCUT2D eigenvalue weighted by Gasteiger charge is 2.38. The Morgan fingerprint density at radius 3 is 2.58 bits per heavy atom. The second-order valence-corrected chi connectivity index (χ2v) is 7.22. The molecule has 0 atom stereocenters. The number of rotatable bonds is 3. The number of carbonyl (C=O) groups is 1. The predicted octanol–water partition coefficient (Wildman–Crippen LogP) is 3.02. The molecule has 0 aliphatic heterocycles. The zero-order valence-electron chi connectivity index (χ0n) is 11.4. The Bertz CT molecular complexity index is 487. The molecule has 5 heteroatoms. The molecule has 1 saturated carbocycles. The van der Waals surface area contributed by atoms with Crippen molar-refractivity contribution in [2.45, 2.75) is 45.1 Å². The fraction of sp³-hybridized carbons (Fsp3) is 0.571. The third-order valence-electron chi connectivity index (χ3n) is 3.92. The lowest BCUT2D eigenvalue weighted by Gasteiger charge is -2.39. The minimum absolute atomic E-state index is 0.0551. The van der Waals surface area contributed by atoms with Crippen molar-refractivity contribution in [1.82, 2.24) is 5.32 Å². The fourth-order valence-electron chi connectivity index (χ4n) is 2.52. The summed E-state index contributed by atoms with van der Waals surface area (Å²) in [6.07, 6.45) is 3.81. The highest BCUT2D eigenvalue weighted by atomic mass is 32.1. The SMILES string of the molecule is Cc1ccc(C(=O)NC2(C(N)=S)CCC(C)CC2)s1. The maximum Gasteiger partial charge on any atom is 0.262 e. The van der Waals surface area contributed by atoms with Crippen molar-refractivity contribution in [3.8, 4) is 0 Å². The zero-order valence-corrected chi connectivity index (χ0v) is 13.0. The van der Waals surface area contributed by atoms with Crippen LogP contribution in [0.5, 0.6) is 0 Å². The van der Waals surface area contributed by atoms with Gasteiger partial charge in [-0.2, -0.15) is 0 Å². The van der Waals surface area contributed by atoms with Crippen LogP contribution in [0.2, 0.25) is 0 Å². The molecule has 1 aromatic heterocycles. The summed E-state index contributed by atoms with van der Waals surface area (Å²) in [4.78, 5) is 14.6. The first-order valence-corrected chi connectivity index (χ1v) is 7.84. The Labute approximate surface area is 123 Å². The number of aryl methyl sites for hydroxylation is 1. The highest BCUT2D eigenvalue weighted by molar-refractivity contribution is 7.80. The molecule has 0 bridgehead atoms. The maximum atomic E-state index is 12.3. The van der Waals surface area contributed by atoms with Crippen molar-refractivity contribution in [2.75, 3.05) is 0 Å². The van der Waals surface area contributed by atoms with Crippen molar-refractivity contribution in [1.29, 1.82) is 0 Å². The third-order valence-corrected chi connectivity index (χ3v) is 5.31. The fourth-order valence-corrected chi connectivity index (χ4v) is 3.54. The average molecular weight is 296 g/mol. The zero-order chi connectivity index (χ0) is 14.0. The quantitative estimate of drug-likeness (QED) is 0.843. The topological polar surface area (TPSA) is 55.1 Å². The molecule has 1 heterocycles. The van der Waals surface area contributed by atoms with E-state index in [2.05, 4.69) is 12.2 Å². The monoisotopic (exact) mass is 296 g/mol. The molecule has 104 valence electrons.